The highest BCUT2D eigenvalue weighted by molar-refractivity contribution is 6.30. The molecule has 78 valence electrons. The largest absolute Gasteiger partial charge is 0.328 e. The van der Waals surface area contributed by atoms with E-state index in [9.17, 15) is 0 Å². The van der Waals surface area contributed by atoms with Gasteiger partial charge in [-0.05, 0) is 23.8 Å². The number of nitrogens with two attached hydrogens (primary N) is 1. The highest BCUT2D eigenvalue weighted by atomic mass is 35.5. The van der Waals surface area contributed by atoms with Gasteiger partial charge in [0.2, 0.25) is 0 Å². The summed E-state index contributed by atoms with van der Waals surface area (Å²) in [4.78, 5) is 0. The van der Waals surface area contributed by atoms with Crippen LogP contribution in [-0.4, -0.2) is 16.3 Å². The van der Waals surface area contributed by atoms with Crippen molar-refractivity contribution in [2.24, 2.45) is 5.73 Å². The second-order valence-corrected chi connectivity index (χ2v) is 3.73. The van der Waals surface area contributed by atoms with Crippen LogP contribution in [0.1, 0.15) is 11.6 Å². The fourth-order valence-electron chi connectivity index (χ4n) is 1.55. The van der Waals surface area contributed by atoms with Crippen LogP contribution in [0.2, 0.25) is 5.02 Å². The highest BCUT2D eigenvalue weighted by Gasteiger charge is 2.11. The van der Waals surface area contributed by atoms with E-state index in [4.69, 9.17) is 17.3 Å². The average Bonchev–Trinajstić information content (AvgIpc) is 2.75. The lowest BCUT2D eigenvalue weighted by Crippen LogP contribution is -2.20. The second-order valence-electron chi connectivity index (χ2n) is 3.29. The van der Waals surface area contributed by atoms with Crippen LogP contribution in [-0.2, 0) is 0 Å². The molecule has 0 saturated heterocycles. The minimum Gasteiger partial charge on any atom is -0.328 e. The van der Waals surface area contributed by atoms with Crippen LogP contribution in [0.5, 0.6) is 0 Å². The summed E-state index contributed by atoms with van der Waals surface area (Å²) < 4.78 is 1.85. The zero-order valence-electron chi connectivity index (χ0n) is 8.18. The summed E-state index contributed by atoms with van der Waals surface area (Å²) in [6, 6.07) is 9.64. The van der Waals surface area contributed by atoms with Crippen LogP contribution < -0.4 is 5.73 Å². The first kappa shape index (κ1) is 10.2. The number of hydrogen-bond acceptors (Lipinski definition) is 2. The summed E-state index contributed by atoms with van der Waals surface area (Å²) in [6.07, 6.45) is 3.66. The van der Waals surface area contributed by atoms with Gasteiger partial charge in [-0.1, -0.05) is 23.7 Å². The summed E-state index contributed by atoms with van der Waals surface area (Å²) in [5, 5.41) is 4.92. The van der Waals surface area contributed by atoms with Crippen molar-refractivity contribution in [2.45, 2.75) is 6.04 Å². The lowest BCUT2D eigenvalue weighted by Gasteiger charge is -2.15. The first-order chi connectivity index (χ1) is 7.31. The van der Waals surface area contributed by atoms with E-state index in [1.807, 2.05) is 41.2 Å². The summed E-state index contributed by atoms with van der Waals surface area (Å²) in [7, 11) is 0. The standard InChI is InChI=1S/C11H12ClN3/c12-10-4-2-9(3-5-10)11(8-13)15-7-1-6-14-15/h1-7,11H,8,13H2/t11-/m1/s1. The first-order valence-electron chi connectivity index (χ1n) is 4.76. The van der Waals surface area contributed by atoms with E-state index in [2.05, 4.69) is 5.10 Å². The Morgan fingerprint density at radius 3 is 2.60 bits per heavy atom. The maximum atomic E-state index is 5.83. The number of rotatable bonds is 3. The molecule has 0 aliphatic rings. The predicted molar refractivity (Wildman–Crippen MR) is 60.9 cm³/mol. The molecule has 1 heterocycles. The Kier molecular flexibility index (Phi) is 3.04. The zero-order chi connectivity index (χ0) is 10.7. The van der Waals surface area contributed by atoms with Gasteiger partial charge in [-0.25, -0.2) is 0 Å². The van der Waals surface area contributed by atoms with Crippen molar-refractivity contribution in [3.05, 3.63) is 53.3 Å². The third-order valence-corrected chi connectivity index (χ3v) is 2.57. The van der Waals surface area contributed by atoms with Gasteiger partial charge >= 0.3 is 0 Å². The van der Waals surface area contributed by atoms with Crippen molar-refractivity contribution >= 4 is 11.6 Å². The van der Waals surface area contributed by atoms with E-state index in [1.54, 1.807) is 6.20 Å². The number of aromatic nitrogens is 2. The zero-order valence-corrected chi connectivity index (χ0v) is 8.93. The molecular weight excluding hydrogens is 210 g/mol. The van der Waals surface area contributed by atoms with Crippen LogP contribution in [0.15, 0.2) is 42.7 Å². The molecule has 1 aromatic heterocycles. The molecular formula is C11H12ClN3. The normalized spacial score (nSPS) is 12.7. The van der Waals surface area contributed by atoms with Crippen molar-refractivity contribution in [1.29, 1.82) is 0 Å². The topological polar surface area (TPSA) is 43.8 Å². The van der Waals surface area contributed by atoms with Gasteiger partial charge in [-0.2, -0.15) is 5.10 Å². The quantitative estimate of drug-likeness (QED) is 0.863. The van der Waals surface area contributed by atoms with Gasteiger partial charge in [0, 0.05) is 24.0 Å². The first-order valence-corrected chi connectivity index (χ1v) is 5.13. The molecule has 0 saturated carbocycles. The third-order valence-electron chi connectivity index (χ3n) is 2.32. The van der Waals surface area contributed by atoms with Crippen molar-refractivity contribution in [3.63, 3.8) is 0 Å². The minimum atomic E-state index is 0.0808. The third kappa shape index (κ3) is 2.19. The Morgan fingerprint density at radius 2 is 2.07 bits per heavy atom. The second kappa shape index (κ2) is 4.47. The van der Waals surface area contributed by atoms with E-state index >= 15 is 0 Å². The van der Waals surface area contributed by atoms with Crippen molar-refractivity contribution in [1.82, 2.24) is 9.78 Å². The lowest BCUT2D eigenvalue weighted by molar-refractivity contribution is 0.532. The summed E-state index contributed by atoms with van der Waals surface area (Å²) >= 11 is 5.83. The Morgan fingerprint density at radius 1 is 1.33 bits per heavy atom. The average molecular weight is 222 g/mol. The predicted octanol–water partition coefficient (Wildman–Crippen LogP) is 2.08. The van der Waals surface area contributed by atoms with Crippen molar-refractivity contribution in [2.75, 3.05) is 6.54 Å². The van der Waals surface area contributed by atoms with E-state index in [-0.39, 0.29) is 6.04 Å². The van der Waals surface area contributed by atoms with E-state index in [0.29, 0.717) is 6.54 Å². The van der Waals surface area contributed by atoms with Crippen molar-refractivity contribution in [3.8, 4) is 0 Å². The summed E-state index contributed by atoms with van der Waals surface area (Å²) in [5.74, 6) is 0. The number of nitrogens with zero attached hydrogens (tertiary/aromatic N) is 2. The molecule has 15 heavy (non-hydrogen) atoms. The molecule has 4 heteroatoms. The Hall–Kier alpha value is -1.32. The molecule has 0 bridgehead atoms. The van der Waals surface area contributed by atoms with E-state index < -0.39 is 0 Å². The van der Waals surface area contributed by atoms with Gasteiger partial charge in [0.05, 0.1) is 6.04 Å². The van der Waals surface area contributed by atoms with Crippen LogP contribution in [0, 0.1) is 0 Å². The Balaban J connectivity index is 2.31. The Labute approximate surface area is 93.5 Å². The molecule has 0 unspecified atom stereocenters. The molecule has 0 fully saturated rings. The maximum absolute atomic E-state index is 5.83. The molecule has 0 amide bonds. The van der Waals surface area contributed by atoms with Gasteiger partial charge in [-0.15, -0.1) is 0 Å². The molecule has 1 atom stereocenters. The van der Waals surface area contributed by atoms with Gasteiger partial charge in [-0.3, -0.25) is 4.68 Å². The Bertz CT molecular complexity index is 408. The van der Waals surface area contributed by atoms with Gasteiger partial charge in [0.25, 0.3) is 0 Å². The fraction of sp³-hybridized carbons (Fsp3) is 0.182. The fourth-order valence-corrected chi connectivity index (χ4v) is 1.67. The molecule has 2 N–H and O–H groups in total. The lowest BCUT2D eigenvalue weighted by atomic mass is 10.1. The number of halogens is 1. The minimum absolute atomic E-state index is 0.0808. The van der Waals surface area contributed by atoms with Crippen LogP contribution in [0.25, 0.3) is 0 Å². The molecule has 2 rings (SSSR count). The summed E-state index contributed by atoms with van der Waals surface area (Å²) in [5.41, 5.74) is 6.86. The number of hydrogen-bond donors (Lipinski definition) is 1. The van der Waals surface area contributed by atoms with E-state index in [1.165, 1.54) is 0 Å². The van der Waals surface area contributed by atoms with Gasteiger partial charge < -0.3 is 5.73 Å². The molecule has 1 aromatic carbocycles. The summed E-state index contributed by atoms with van der Waals surface area (Å²) in [6.45, 7) is 0.517. The SMILES string of the molecule is NC[C@H](c1ccc(Cl)cc1)n1cccn1. The van der Waals surface area contributed by atoms with Crippen LogP contribution in [0.4, 0.5) is 0 Å². The molecule has 0 aliphatic carbocycles. The molecule has 0 radical (unpaired) electrons. The van der Waals surface area contributed by atoms with Gasteiger partial charge in [0.1, 0.15) is 0 Å². The molecule has 0 aliphatic heterocycles. The highest BCUT2D eigenvalue weighted by Crippen LogP contribution is 2.18. The molecule has 3 nitrogen and oxygen atoms in total. The smallest absolute Gasteiger partial charge is 0.0890 e. The van der Waals surface area contributed by atoms with Crippen LogP contribution in [0.3, 0.4) is 0 Å². The van der Waals surface area contributed by atoms with Crippen molar-refractivity contribution < 1.29 is 0 Å². The van der Waals surface area contributed by atoms with E-state index in [0.717, 1.165) is 10.6 Å². The number of benzene rings is 1. The van der Waals surface area contributed by atoms with Crippen LogP contribution >= 0.6 is 11.6 Å². The molecule has 2 aromatic rings. The molecule has 0 spiro atoms. The monoisotopic (exact) mass is 221 g/mol. The van der Waals surface area contributed by atoms with Gasteiger partial charge in [0.15, 0.2) is 0 Å². The maximum Gasteiger partial charge on any atom is 0.0890 e.